The van der Waals surface area contributed by atoms with Gasteiger partial charge in [0.2, 0.25) is 0 Å². The van der Waals surface area contributed by atoms with E-state index in [4.69, 9.17) is 25.8 Å². The minimum absolute atomic E-state index is 0.0794. The molecule has 128 valence electrons. The van der Waals surface area contributed by atoms with Gasteiger partial charge >= 0.3 is 0 Å². The van der Waals surface area contributed by atoms with Crippen molar-refractivity contribution in [2.75, 3.05) is 27.4 Å². The van der Waals surface area contributed by atoms with Crippen LogP contribution in [0, 0.1) is 0 Å². The molecule has 1 amide bonds. The number of nitrogens with one attached hydrogen (secondary N) is 1. The Labute approximate surface area is 146 Å². The van der Waals surface area contributed by atoms with Crippen molar-refractivity contribution < 1.29 is 19.0 Å². The summed E-state index contributed by atoms with van der Waals surface area (Å²) in [4.78, 5) is 11.9. The zero-order valence-electron chi connectivity index (χ0n) is 13.6. The predicted molar refractivity (Wildman–Crippen MR) is 92.7 cm³/mol. The van der Waals surface area contributed by atoms with Crippen molar-refractivity contribution in [3.8, 4) is 11.5 Å². The van der Waals surface area contributed by atoms with Crippen LogP contribution in [-0.2, 0) is 9.53 Å². The smallest absolute Gasteiger partial charge is 0.258 e. The number of amides is 1. The van der Waals surface area contributed by atoms with Crippen molar-refractivity contribution in [3.63, 3.8) is 0 Å². The molecule has 2 rings (SSSR count). The molecular weight excluding hydrogens is 330 g/mol. The van der Waals surface area contributed by atoms with Crippen molar-refractivity contribution >= 4 is 17.5 Å². The lowest BCUT2D eigenvalue weighted by Gasteiger charge is -2.19. The van der Waals surface area contributed by atoms with Crippen molar-refractivity contribution in [1.29, 1.82) is 0 Å². The van der Waals surface area contributed by atoms with Gasteiger partial charge in [-0.2, -0.15) is 0 Å². The van der Waals surface area contributed by atoms with Crippen molar-refractivity contribution in [2.24, 2.45) is 0 Å². The van der Waals surface area contributed by atoms with E-state index >= 15 is 0 Å². The number of benzene rings is 2. The number of hydrogen-bond acceptors (Lipinski definition) is 4. The second-order valence-electron chi connectivity index (χ2n) is 5.01. The molecule has 0 aliphatic rings. The molecule has 1 atom stereocenters. The first kappa shape index (κ1) is 18.1. The molecule has 0 saturated heterocycles. The van der Waals surface area contributed by atoms with E-state index < -0.39 is 0 Å². The Bertz CT molecular complexity index is 660. The summed E-state index contributed by atoms with van der Waals surface area (Å²) < 4.78 is 16.2. The van der Waals surface area contributed by atoms with Crippen LogP contribution in [0.1, 0.15) is 11.7 Å². The minimum Gasteiger partial charge on any atom is -0.496 e. The topological polar surface area (TPSA) is 56.8 Å². The standard InChI is InChI=1S/C18H20ClNO4/c1-22-16-6-4-3-5-15(16)17(23-2)11-20-18(21)12-24-14-9-7-13(19)8-10-14/h3-10,17H,11-12H2,1-2H3,(H,20,21)/t17-/m1/s1. The van der Waals surface area contributed by atoms with Crippen LogP contribution < -0.4 is 14.8 Å². The van der Waals surface area contributed by atoms with E-state index in [9.17, 15) is 4.79 Å². The lowest BCUT2D eigenvalue weighted by Crippen LogP contribution is -2.33. The fourth-order valence-corrected chi connectivity index (χ4v) is 2.32. The maximum Gasteiger partial charge on any atom is 0.258 e. The molecule has 2 aromatic rings. The first-order valence-corrected chi connectivity index (χ1v) is 7.82. The Hall–Kier alpha value is -2.24. The zero-order valence-corrected chi connectivity index (χ0v) is 14.4. The van der Waals surface area contributed by atoms with Gasteiger partial charge in [-0.3, -0.25) is 4.79 Å². The number of rotatable bonds is 8. The molecule has 24 heavy (non-hydrogen) atoms. The monoisotopic (exact) mass is 349 g/mol. The highest BCUT2D eigenvalue weighted by Gasteiger charge is 2.16. The molecular formula is C18H20ClNO4. The lowest BCUT2D eigenvalue weighted by atomic mass is 10.1. The molecule has 0 fully saturated rings. The summed E-state index contributed by atoms with van der Waals surface area (Å²) in [6.07, 6.45) is -0.305. The van der Waals surface area contributed by atoms with Gasteiger partial charge in [-0.15, -0.1) is 0 Å². The van der Waals surface area contributed by atoms with Crippen LogP contribution in [-0.4, -0.2) is 33.3 Å². The summed E-state index contributed by atoms with van der Waals surface area (Å²) in [6, 6.07) is 14.4. The third-order valence-corrected chi connectivity index (χ3v) is 3.69. The largest absolute Gasteiger partial charge is 0.496 e. The van der Waals surface area contributed by atoms with Crippen LogP contribution in [0.3, 0.4) is 0 Å². The molecule has 0 heterocycles. The van der Waals surface area contributed by atoms with Gasteiger partial charge in [0.25, 0.3) is 5.91 Å². The van der Waals surface area contributed by atoms with Crippen molar-refractivity contribution in [1.82, 2.24) is 5.32 Å². The molecule has 0 aliphatic heterocycles. The van der Waals surface area contributed by atoms with Crippen LogP contribution in [0.15, 0.2) is 48.5 Å². The predicted octanol–water partition coefficient (Wildman–Crippen LogP) is 3.23. The highest BCUT2D eigenvalue weighted by atomic mass is 35.5. The molecule has 0 aromatic heterocycles. The molecule has 0 unspecified atom stereocenters. The Morgan fingerprint density at radius 2 is 1.83 bits per heavy atom. The molecule has 0 aliphatic carbocycles. The SMILES string of the molecule is COc1ccccc1[C@@H](CNC(=O)COc1ccc(Cl)cc1)OC. The number of carbonyl (C=O) groups excluding carboxylic acids is 1. The second kappa shape index (κ2) is 9.15. The van der Waals surface area contributed by atoms with Gasteiger partial charge in [0, 0.05) is 24.2 Å². The van der Waals surface area contributed by atoms with E-state index in [1.807, 2.05) is 24.3 Å². The average Bonchev–Trinajstić information content (AvgIpc) is 2.62. The number of halogens is 1. The zero-order chi connectivity index (χ0) is 17.4. The van der Waals surface area contributed by atoms with Gasteiger partial charge in [0.05, 0.1) is 7.11 Å². The van der Waals surface area contributed by atoms with E-state index in [1.165, 1.54) is 0 Å². The summed E-state index contributed by atoms with van der Waals surface area (Å²) in [5.41, 5.74) is 0.876. The second-order valence-corrected chi connectivity index (χ2v) is 5.45. The van der Waals surface area contributed by atoms with E-state index in [2.05, 4.69) is 5.32 Å². The van der Waals surface area contributed by atoms with Crippen LogP contribution >= 0.6 is 11.6 Å². The van der Waals surface area contributed by atoms with Crippen LogP contribution in [0.4, 0.5) is 0 Å². The fraction of sp³-hybridized carbons (Fsp3) is 0.278. The highest BCUT2D eigenvalue weighted by molar-refractivity contribution is 6.30. The number of hydrogen-bond donors (Lipinski definition) is 1. The average molecular weight is 350 g/mol. The molecule has 0 bridgehead atoms. The molecule has 2 aromatic carbocycles. The molecule has 6 heteroatoms. The Kier molecular flexibility index (Phi) is 6.90. The number of methoxy groups -OCH3 is 2. The normalized spacial score (nSPS) is 11.6. The summed E-state index contributed by atoms with van der Waals surface area (Å²) >= 11 is 5.80. The van der Waals surface area contributed by atoms with Crippen molar-refractivity contribution in [2.45, 2.75) is 6.10 Å². The van der Waals surface area contributed by atoms with E-state index in [0.717, 1.165) is 11.3 Å². The molecule has 0 radical (unpaired) electrons. The Balaban J connectivity index is 1.86. The maximum absolute atomic E-state index is 11.9. The van der Waals surface area contributed by atoms with Crippen LogP contribution in [0.2, 0.25) is 5.02 Å². The van der Waals surface area contributed by atoms with E-state index in [1.54, 1.807) is 38.5 Å². The number of ether oxygens (including phenoxy) is 3. The molecule has 1 N–H and O–H groups in total. The molecule has 0 saturated carbocycles. The molecule has 0 spiro atoms. The Morgan fingerprint density at radius 3 is 2.50 bits per heavy atom. The van der Waals surface area contributed by atoms with Crippen LogP contribution in [0.25, 0.3) is 0 Å². The maximum atomic E-state index is 11.9. The number of para-hydroxylation sites is 1. The number of carbonyl (C=O) groups is 1. The van der Waals surface area contributed by atoms with Gasteiger partial charge in [-0.05, 0) is 30.3 Å². The van der Waals surface area contributed by atoms with Gasteiger partial charge in [0.15, 0.2) is 6.61 Å². The highest BCUT2D eigenvalue weighted by Crippen LogP contribution is 2.26. The third kappa shape index (κ3) is 5.15. The van der Waals surface area contributed by atoms with Crippen LogP contribution in [0.5, 0.6) is 11.5 Å². The van der Waals surface area contributed by atoms with Gasteiger partial charge in [0.1, 0.15) is 17.6 Å². The lowest BCUT2D eigenvalue weighted by molar-refractivity contribution is -0.123. The summed E-state index contributed by atoms with van der Waals surface area (Å²) in [7, 11) is 3.19. The van der Waals surface area contributed by atoms with Gasteiger partial charge in [-0.1, -0.05) is 29.8 Å². The van der Waals surface area contributed by atoms with Gasteiger partial charge < -0.3 is 19.5 Å². The van der Waals surface area contributed by atoms with E-state index in [0.29, 0.717) is 17.3 Å². The minimum atomic E-state index is -0.305. The van der Waals surface area contributed by atoms with Gasteiger partial charge in [-0.25, -0.2) is 0 Å². The molecule has 5 nitrogen and oxygen atoms in total. The van der Waals surface area contributed by atoms with E-state index in [-0.39, 0.29) is 18.6 Å². The third-order valence-electron chi connectivity index (χ3n) is 3.44. The summed E-state index contributed by atoms with van der Waals surface area (Å²) in [5.74, 6) is 1.07. The quantitative estimate of drug-likeness (QED) is 0.795. The Morgan fingerprint density at radius 1 is 1.12 bits per heavy atom. The first-order chi connectivity index (χ1) is 11.6. The van der Waals surface area contributed by atoms with Crippen molar-refractivity contribution in [3.05, 3.63) is 59.1 Å². The summed E-state index contributed by atoms with van der Waals surface area (Å²) in [6.45, 7) is 0.240. The fourth-order valence-electron chi connectivity index (χ4n) is 2.19. The first-order valence-electron chi connectivity index (χ1n) is 7.44. The summed E-state index contributed by atoms with van der Waals surface area (Å²) in [5, 5.41) is 3.41.